The molecular formula is C23H28N2O2. The maximum Gasteiger partial charge on any atom is 0.411 e. The molecule has 4 rings (SSSR count). The molecule has 2 aliphatic heterocycles. The summed E-state index contributed by atoms with van der Waals surface area (Å²) in [6.07, 6.45) is 4.39. The summed E-state index contributed by atoms with van der Waals surface area (Å²) in [4.78, 5) is 12.4. The number of aryl methyl sites for hydroxylation is 2. The minimum atomic E-state index is -0.362. The van der Waals surface area contributed by atoms with Crippen LogP contribution in [-0.2, 0) is 4.74 Å². The molecule has 0 saturated carbocycles. The van der Waals surface area contributed by atoms with Gasteiger partial charge in [-0.2, -0.15) is 0 Å². The summed E-state index contributed by atoms with van der Waals surface area (Å²) in [5.41, 5.74) is 5.35. The zero-order chi connectivity index (χ0) is 18.8. The van der Waals surface area contributed by atoms with Gasteiger partial charge in [-0.05, 0) is 62.6 Å². The Balaban J connectivity index is 1.42. The third kappa shape index (κ3) is 4.16. The summed E-state index contributed by atoms with van der Waals surface area (Å²) in [7, 11) is 0. The molecule has 27 heavy (non-hydrogen) atoms. The molecule has 0 radical (unpaired) electrons. The summed E-state index contributed by atoms with van der Waals surface area (Å²) in [5, 5.41) is 6.58. The molecule has 0 aromatic heterocycles. The van der Waals surface area contributed by atoms with E-state index >= 15 is 0 Å². The molecule has 2 saturated heterocycles. The molecule has 2 heterocycles. The van der Waals surface area contributed by atoms with Gasteiger partial charge in [0.05, 0.1) is 12.3 Å². The average Bonchev–Trinajstić information content (AvgIpc) is 3.01. The maximum atomic E-state index is 12.4. The number of anilines is 1. The summed E-state index contributed by atoms with van der Waals surface area (Å²) in [6, 6.07) is 15.5. The molecule has 4 nitrogen and oxygen atoms in total. The monoisotopic (exact) mass is 364 g/mol. The largest absolute Gasteiger partial charge is 0.449 e. The Morgan fingerprint density at radius 2 is 1.81 bits per heavy atom. The van der Waals surface area contributed by atoms with Gasteiger partial charge in [-0.3, -0.25) is 5.32 Å². The fourth-order valence-electron chi connectivity index (χ4n) is 4.50. The second-order valence-corrected chi connectivity index (χ2v) is 8.06. The van der Waals surface area contributed by atoms with Gasteiger partial charge in [-0.1, -0.05) is 42.0 Å². The number of carbonyl (C=O) groups excluding carboxylic acids is 1. The van der Waals surface area contributed by atoms with Crippen LogP contribution in [0.1, 0.15) is 36.8 Å². The Labute approximate surface area is 161 Å². The highest BCUT2D eigenvalue weighted by Crippen LogP contribution is 2.32. The molecule has 2 unspecified atom stereocenters. The second kappa shape index (κ2) is 7.73. The lowest BCUT2D eigenvalue weighted by Gasteiger charge is -2.28. The number of carbonyl (C=O) groups is 1. The zero-order valence-corrected chi connectivity index (χ0v) is 16.1. The minimum absolute atomic E-state index is 0.362. The predicted molar refractivity (Wildman–Crippen MR) is 109 cm³/mol. The lowest BCUT2D eigenvalue weighted by Crippen LogP contribution is -2.39. The van der Waals surface area contributed by atoms with Gasteiger partial charge in [0, 0.05) is 17.6 Å². The van der Waals surface area contributed by atoms with Crippen molar-refractivity contribution >= 4 is 11.8 Å². The number of ether oxygens (including phenoxy) is 1. The van der Waals surface area contributed by atoms with Crippen LogP contribution in [0.15, 0.2) is 42.5 Å². The van der Waals surface area contributed by atoms with Crippen molar-refractivity contribution in [2.24, 2.45) is 5.92 Å². The highest BCUT2D eigenvalue weighted by molar-refractivity contribution is 5.92. The van der Waals surface area contributed by atoms with E-state index in [0.717, 1.165) is 29.7 Å². The Morgan fingerprint density at radius 3 is 2.59 bits per heavy atom. The van der Waals surface area contributed by atoms with E-state index in [1.807, 2.05) is 24.3 Å². The van der Waals surface area contributed by atoms with Crippen molar-refractivity contribution in [3.05, 3.63) is 53.6 Å². The van der Waals surface area contributed by atoms with Crippen LogP contribution in [0.5, 0.6) is 0 Å². The summed E-state index contributed by atoms with van der Waals surface area (Å²) in [6.45, 7) is 4.68. The van der Waals surface area contributed by atoms with Gasteiger partial charge < -0.3 is 10.1 Å². The number of piperidine rings is 1. The van der Waals surface area contributed by atoms with E-state index in [1.54, 1.807) is 0 Å². The number of hydrogen-bond acceptors (Lipinski definition) is 3. The van der Waals surface area contributed by atoms with Gasteiger partial charge in [0.2, 0.25) is 0 Å². The molecule has 4 heteroatoms. The van der Waals surface area contributed by atoms with Gasteiger partial charge in [0.1, 0.15) is 0 Å². The van der Waals surface area contributed by atoms with E-state index < -0.39 is 0 Å². The lowest BCUT2D eigenvalue weighted by atomic mass is 9.93. The molecule has 2 N–H and O–H groups in total. The van der Waals surface area contributed by atoms with E-state index in [9.17, 15) is 4.79 Å². The SMILES string of the molecule is Cc1ccc(C)c(-c2ccccc2NC(=O)OCC2CC3CCC(C2)N3)c1. The Kier molecular flexibility index (Phi) is 5.17. The molecular weight excluding hydrogens is 336 g/mol. The third-order valence-electron chi connectivity index (χ3n) is 5.87. The zero-order valence-electron chi connectivity index (χ0n) is 16.1. The molecule has 142 valence electrons. The summed E-state index contributed by atoms with van der Waals surface area (Å²) < 4.78 is 5.58. The molecule has 2 aromatic carbocycles. The Morgan fingerprint density at radius 1 is 1.07 bits per heavy atom. The molecule has 2 bridgehead atoms. The first-order valence-electron chi connectivity index (χ1n) is 9.95. The van der Waals surface area contributed by atoms with Crippen LogP contribution in [0.4, 0.5) is 10.5 Å². The third-order valence-corrected chi connectivity index (χ3v) is 5.87. The van der Waals surface area contributed by atoms with Crippen LogP contribution < -0.4 is 10.6 Å². The van der Waals surface area contributed by atoms with E-state index in [2.05, 4.69) is 42.7 Å². The van der Waals surface area contributed by atoms with Crippen LogP contribution >= 0.6 is 0 Å². The first kappa shape index (κ1) is 18.1. The smallest absolute Gasteiger partial charge is 0.411 e. The number of rotatable bonds is 4. The number of benzene rings is 2. The van der Waals surface area contributed by atoms with Crippen LogP contribution in [-0.4, -0.2) is 24.8 Å². The molecule has 2 atom stereocenters. The van der Waals surface area contributed by atoms with Gasteiger partial charge in [-0.25, -0.2) is 4.79 Å². The van der Waals surface area contributed by atoms with Crippen LogP contribution in [0.25, 0.3) is 11.1 Å². The predicted octanol–water partition coefficient (Wildman–Crippen LogP) is 5.05. The van der Waals surface area contributed by atoms with Crippen molar-refractivity contribution in [1.82, 2.24) is 5.32 Å². The Bertz CT molecular complexity index is 821. The molecule has 2 fully saturated rings. The molecule has 0 aliphatic carbocycles. The molecule has 1 amide bonds. The van der Waals surface area contributed by atoms with E-state index in [-0.39, 0.29) is 6.09 Å². The first-order valence-corrected chi connectivity index (χ1v) is 9.95. The van der Waals surface area contributed by atoms with Crippen LogP contribution in [0.2, 0.25) is 0 Å². The number of para-hydroxylation sites is 1. The average molecular weight is 364 g/mol. The summed E-state index contributed by atoms with van der Waals surface area (Å²) >= 11 is 0. The fourth-order valence-corrected chi connectivity index (χ4v) is 4.50. The van der Waals surface area contributed by atoms with Crippen LogP contribution in [0, 0.1) is 19.8 Å². The minimum Gasteiger partial charge on any atom is -0.449 e. The van der Waals surface area contributed by atoms with Crippen LogP contribution in [0.3, 0.4) is 0 Å². The number of nitrogens with one attached hydrogen (secondary N) is 2. The summed E-state index contributed by atoms with van der Waals surface area (Å²) in [5.74, 6) is 0.476. The number of hydrogen-bond donors (Lipinski definition) is 2. The standard InChI is InChI=1S/C23H28N2O2/c1-15-7-8-16(2)21(11-15)20-5-3-4-6-22(20)25-23(26)27-14-17-12-18-9-10-19(13-17)24-18/h3-8,11,17-19,24H,9-10,12-14H2,1-2H3,(H,25,26). The van der Waals surface area contributed by atoms with E-state index in [1.165, 1.54) is 24.0 Å². The topological polar surface area (TPSA) is 50.4 Å². The van der Waals surface area contributed by atoms with Gasteiger partial charge in [0.25, 0.3) is 0 Å². The molecule has 0 spiro atoms. The quantitative estimate of drug-likeness (QED) is 0.798. The fraction of sp³-hybridized carbons (Fsp3) is 0.435. The highest BCUT2D eigenvalue weighted by atomic mass is 16.5. The van der Waals surface area contributed by atoms with Crippen molar-refractivity contribution in [1.29, 1.82) is 0 Å². The van der Waals surface area contributed by atoms with Gasteiger partial charge in [0.15, 0.2) is 0 Å². The van der Waals surface area contributed by atoms with E-state index in [4.69, 9.17) is 4.74 Å². The van der Waals surface area contributed by atoms with Gasteiger partial charge >= 0.3 is 6.09 Å². The molecule has 2 aromatic rings. The van der Waals surface area contributed by atoms with Crippen molar-refractivity contribution in [3.63, 3.8) is 0 Å². The van der Waals surface area contributed by atoms with E-state index in [0.29, 0.717) is 24.6 Å². The second-order valence-electron chi connectivity index (χ2n) is 8.06. The number of amides is 1. The normalized spacial score (nSPS) is 23.9. The lowest BCUT2D eigenvalue weighted by molar-refractivity contribution is 0.122. The van der Waals surface area contributed by atoms with Crippen molar-refractivity contribution in [3.8, 4) is 11.1 Å². The van der Waals surface area contributed by atoms with Crippen molar-refractivity contribution in [2.45, 2.75) is 51.6 Å². The Hall–Kier alpha value is -2.33. The van der Waals surface area contributed by atoms with Gasteiger partial charge in [-0.15, -0.1) is 0 Å². The van der Waals surface area contributed by atoms with Crippen molar-refractivity contribution < 1.29 is 9.53 Å². The maximum absolute atomic E-state index is 12.4. The van der Waals surface area contributed by atoms with Crippen molar-refractivity contribution in [2.75, 3.05) is 11.9 Å². The highest BCUT2D eigenvalue weighted by Gasteiger charge is 2.33. The molecule has 2 aliphatic rings. The number of fused-ring (bicyclic) bond motifs is 2. The first-order chi connectivity index (χ1) is 13.1.